The lowest BCUT2D eigenvalue weighted by Crippen LogP contribution is -2.67. The highest BCUT2D eigenvalue weighted by Gasteiger charge is 2.68. The minimum Gasteiger partial charge on any atom is -0.432 e. The number of ether oxygens (including phenoxy) is 2. The Kier molecular flexibility index (Phi) is 9.98. The molecule has 3 fully saturated rings. The molecule has 2 saturated carbocycles. The number of carbonyl (C=O) groups excluding carboxylic acids is 1. The van der Waals surface area contributed by atoms with Crippen LogP contribution < -0.4 is 0 Å². The number of aliphatic hydroxyl groups excluding tert-OH is 8. The van der Waals surface area contributed by atoms with Gasteiger partial charge in [-0.2, -0.15) is 0 Å². The molecule has 0 unspecified atom stereocenters. The molecular weight excluding hydrogens is 608 g/mol. The van der Waals surface area contributed by atoms with Crippen molar-refractivity contribution in [2.24, 2.45) is 44.8 Å². The second-order valence-corrected chi connectivity index (χ2v) is 16.7. The number of rotatable bonds is 8. The lowest BCUT2D eigenvalue weighted by Gasteiger charge is -2.69. The highest BCUT2D eigenvalue weighted by atomic mass is 16.7. The zero-order chi connectivity index (χ0) is 34.9. The van der Waals surface area contributed by atoms with Crippen molar-refractivity contribution in [1.82, 2.24) is 0 Å². The van der Waals surface area contributed by atoms with Crippen molar-refractivity contribution in [3.8, 4) is 0 Å². The van der Waals surface area contributed by atoms with Gasteiger partial charge in [-0.15, -0.1) is 0 Å². The maximum absolute atomic E-state index is 14.2. The smallest absolute Gasteiger partial charge is 0.318 e. The fourth-order valence-electron chi connectivity index (χ4n) is 10.5. The summed E-state index contributed by atoms with van der Waals surface area (Å²) in [6.45, 7) is 11.4. The molecule has 1 aliphatic heterocycles. The average molecular weight is 667 g/mol. The van der Waals surface area contributed by atoms with Crippen LogP contribution in [0.2, 0.25) is 0 Å². The molecule has 0 amide bonds. The monoisotopic (exact) mass is 666 g/mol. The summed E-state index contributed by atoms with van der Waals surface area (Å²) in [6.07, 6.45) is -0.125. The number of hydrogen-bond acceptors (Lipinski definition) is 11. The summed E-state index contributed by atoms with van der Waals surface area (Å²) in [6, 6.07) is 0. The molecule has 0 radical (unpaired) electrons. The van der Waals surface area contributed by atoms with Crippen LogP contribution in [0, 0.1) is 44.8 Å². The van der Waals surface area contributed by atoms with Gasteiger partial charge in [-0.1, -0.05) is 52.8 Å². The zero-order valence-corrected chi connectivity index (χ0v) is 28.7. The Morgan fingerprint density at radius 1 is 1.00 bits per heavy atom. The van der Waals surface area contributed by atoms with E-state index >= 15 is 0 Å². The summed E-state index contributed by atoms with van der Waals surface area (Å²) in [5.74, 6) is -0.721. The predicted octanol–water partition coefficient (Wildman–Crippen LogP) is 1.57. The van der Waals surface area contributed by atoms with Crippen LogP contribution in [-0.4, -0.2) is 109 Å². The molecule has 0 aromatic heterocycles. The molecule has 0 spiro atoms. The SMILES string of the molecule is C[C@H](O)[C@H](C)CC[C@@]1(C(=O)O[C@@H]2O[C@H](CO)[C@@H](O)[C@H](O)[C@H]2O)C=C2C=C[C@@H]3[C@@]4(C)C[C@@H](O)[C@@H](O)[C@](C)(CO)[C@@H]4CC[C@@]3(C)[C@]2(C)CC1. The fourth-order valence-corrected chi connectivity index (χ4v) is 10.5. The summed E-state index contributed by atoms with van der Waals surface area (Å²) >= 11 is 0. The van der Waals surface area contributed by atoms with Gasteiger partial charge in [-0.05, 0) is 91.4 Å². The first-order chi connectivity index (χ1) is 21.8. The normalized spacial score (nSPS) is 50.8. The lowest BCUT2D eigenvalue weighted by molar-refractivity contribution is -0.295. The number of hydrogen-bond donors (Lipinski definition) is 8. The van der Waals surface area contributed by atoms with Crippen molar-refractivity contribution < 1.29 is 55.1 Å². The van der Waals surface area contributed by atoms with Crippen LogP contribution in [0.4, 0.5) is 0 Å². The molecule has 16 atom stereocenters. The van der Waals surface area contributed by atoms with Crippen LogP contribution in [0.15, 0.2) is 23.8 Å². The molecule has 11 heteroatoms. The molecule has 1 heterocycles. The number of allylic oxidation sites excluding steroid dienone is 3. The van der Waals surface area contributed by atoms with E-state index in [4.69, 9.17) is 9.47 Å². The van der Waals surface area contributed by atoms with Gasteiger partial charge in [0.2, 0.25) is 6.29 Å². The molecule has 1 saturated heterocycles. The third-order valence-electron chi connectivity index (χ3n) is 14.2. The predicted molar refractivity (Wildman–Crippen MR) is 171 cm³/mol. The van der Waals surface area contributed by atoms with Gasteiger partial charge >= 0.3 is 5.97 Å². The van der Waals surface area contributed by atoms with Crippen molar-refractivity contribution in [3.05, 3.63) is 23.8 Å². The van der Waals surface area contributed by atoms with E-state index in [1.165, 1.54) is 0 Å². The van der Waals surface area contributed by atoms with Crippen LogP contribution in [0.5, 0.6) is 0 Å². The van der Waals surface area contributed by atoms with E-state index in [-0.39, 0.29) is 35.2 Å². The number of fused-ring (bicyclic) bond motifs is 5. The standard InChI is InChI=1S/C36H58O11/c1-19(20(2)39)9-12-36(31(45)47-30-28(43)27(42)26(41)23(17-37)46-30)14-13-34(5)21(15-36)7-8-25-32(3)16-22(40)29(44)33(4,18-38)24(32)10-11-35(25,34)6/h7-8,15,19-20,22-30,37-44H,9-14,16-18H2,1-6H3/t19-,20+,22-,23-,24-,25-,26-,27+,28-,29-,30+,32+,33-,34-,35-,36+/m1/s1. The Morgan fingerprint density at radius 2 is 1.68 bits per heavy atom. The van der Waals surface area contributed by atoms with Gasteiger partial charge in [-0.25, -0.2) is 0 Å². The van der Waals surface area contributed by atoms with Gasteiger partial charge in [0.05, 0.1) is 36.9 Å². The highest BCUT2D eigenvalue weighted by Crippen LogP contribution is 2.72. The van der Waals surface area contributed by atoms with E-state index < -0.39 is 77.8 Å². The van der Waals surface area contributed by atoms with E-state index in [0.717, 1.165) is 18.4 Å². The maximum Gasteiger partial charge on any atom is 0.318 e. The molecule has 47 heavy (non-hydrogen) atoms. The van der Waals surface area contributed by atoms with E-state index in [9.17, 15) is 45.6 Å². The molecule has 268 valence electrons. The van der Waals surface area contributed by atoms with Crippen molar-refractivity contribution in [1.29, 1.82) is 0 Å². The van der Waals surface area contributed by atoms with Crippen LogP contribution in [0.3, 0.4) is 0 Å². The molecule has 0 aromatic carbocycles. The first kappa shape index (κ1) is 36.9. The van der Waals surface area contributed by atoms with Crippen LogP contribution in [0.25, 0.3) is 0 Å². The quantitative estimate of drug-likeness (QED) is 0.175. The number of esters is 1. The topological polar surface area (TPSA) is 197 Å². The molecule has 0 bridgehead atoms. The summed E-state index contributed by atoms with van der Waals surface area (Å²) in [4.78, 5) is 14.2. The van der Waals surface area contributed by atoms with Crippen molar-refractivity contribution in [2.75, 3.05) is 13.2 Å². The van der Waals surface area contributed by atoms with Crippen LogP contribution in [0.1, 0.15) is 86.5 Å². The van der Waals surface area contributed by atoms with E-state index in [2.05, 4.69) is 32.9 Å². The molecule has 8 N–H and O–H groups in total. The average Bonchev–Trinajstić information content (AvgIpc) is 3.02. The van der Waals surface area contributed by atoms with Gasteiger partial charge in [0.15, 0.2) is 0 Å². The number of aliphatic hydroxyl groups is 8. The molecular formula is C36H58O11. The number of carbonyl (C=O) groups is 1. The lowest BCUT2D eigenvalue weighted by atomic mass is 9.36. The van der Waals surface area contributed by atoms with Gasteiger partial charge in [-0.3, -0.25) is 4.79 Å². The Morgan fingerprint density at radius 3 is 2.30 bits per heavy atom. The summed E-state index contributed by atoms with van der Waals surface area (Å²) < 4.78 is 11.3. The van der Waals surface area contributed by atoms with Crippen molar-refractivity contribution >= 4 is 5.97 Å². The molecule has 11 nitrogen and oxygen atoms in total. The maximum atomic E-state index is 14.2. The molecule has 4 aliphatic carbocycles. The Balaban J connectivity index is 1.52. The molecule has 0 aromatic rings. The Bertz CT molecular complexity index is 1240. The second-order valence-electron chi connectivity index (χ2n) is 16.7. The fraction of sp³-hybridized carbons (Fsp3) is 0.861. The zero-order valence-electron chi connectivity index (χ0n) is 28.7. The third-order valence-corrected chi connectivity index (χ3v) is 14.2. The van der Waals surface area contributed by atoms with E-state index in [1.807, 2.05) is 19.9 Å². The Labute approximate surface area is 278 Å². The van der Waals surface area contributed by atoms with Gasteiger partial charge in [0, 0.05) is 5.41 Å². The van der Waals surface area contributed by atoms with Crippen LogP contribution in [-0.2, 0) is 14.3 Å². The highest BCUT2D eigenvalue weighted by molar-refractivity contribution is 5.80. The van der Waals surface area contributed by atoms with E-state index in [1.54, 1.807) is 6.92 Å². The first-order valence-corrected chi connectivity index (χ1v) is 17.4. The largest absolute Gasteiger partial charge is 0.432 e. The van der Waals surface area contributed by atoms with Crippen molar-refractivity contribution in [3.63, 3.8) is 0 Å². The van der Waals surface area contributed by atoms with E-state index in [0.29, 0.717) is 32.1 Å². The minimum absolute atomic E-state index is 0.00610. The second kappa shape index (κ2) is 12.7. The van der Waals surface area contributed by atoms with Crippen molar-refractivity contribution in [2.45, 2.75) is 136 Å². The Hall–Kier alpha value is -1.41. The third kappa shape index (κ3) is 5.56. The minimum atomic E-state index is -1.72. The molecule has 5 aliphatic rings. The molecule has 5 rings (SSSR count). The van der Waals surface area contributed by atoms with Gasteiger partial charge < -0.3 is 50.3 Å². The van der Waals surface area contributed by atoms with Gasteiger partial charge in [0.25, 0.3) is 0 Å². The first-order valence-electron chi connectivity index (χ1n) is 17.4. The van der Waals surface area contributed by atoms with Gasteiger partial charge in [0.1, 0.15) is 24.4 Å². The summed E-state index contributed by atoms with van der Waals surface area (Å²) in [5.41, 5.74) is -2.00. The summed E-state index contributed by atoms with van der Waals surface area (Å²) in [7, 11) is 0. The van der Waals surface area contributed by atoms with Crippen LogP contribution >= 0.6 is 0 Å². The summed E-state index contributed by atoms with van der Waals surface area (Å²) in [5, 5.41) is 83.7.